The summed E-state index contributed by atoms with van der Waals surface area (Å²) in [6, 6.07) is 1.63. The summed E-state index contributed by atoms with van der Waals surface area (Å²) in [6.45, 7) is 17.4. The molecular weight excluding hydrogens is 434 g/mol. The average Bonchev–Trinajstić information content (AvgIpc) is 2.83. The Morgan fingerprint density at radius 2 is 1.66 bits per heavy atom. The Bertz CT molecular complexity index is 762. The van der Waals surface area contributed by atoms with E-state index in [-0.39, 0.29) is 5.92 Å². The smallest absolute Gasteiger partial charge is 0.225 e. The normalized spacial score (nSPS) is 26.3. The van der Waals surface area contributed by atoms with E-state index in [1.807, 2.05) is 26.2 Å². The lowest BCUT2D eigenvalue weighted by atomic mass is 9.70. The fraction of sp³-hybridized carbons (Fsp3) is 0.828. The molecule has 2 heterocycles. The summed E-state index contributed by atoms with van der Waals surface area (Å²) in [4.78, 5) is 29.5. The molecule has 3 unspecified atom stereocenters. The average molecular weight is 486 g/mol. The van der Waals surface area contributed by atoms with E-state index < -0.39 is 0 Å². The highest BCUT2D eigenvalue weighted by atomic mass is 16.1. The first-order valence-electron chi connectivity index (χ1n) is 14.4. The van der Waals surface area contributed by atoms with E-state index in [0.717, 1.165) is 57.8 Å². The van der Waals surface area contributed by atoms with Crippen LogP contribution in [0.5, 0.6) is 0 Å². The first-order chi connectivity index (χ1) is 16.8. The predicted molar refractivity (Wildman–Crippen MR) is 146 cm³/mol. The van der Waals surface area contributed by atoms with Crippen LogP contribution in [0.3, 0.4) is 0 Å². The second-order valence-corrected chi connectivity index (χ2v) is 11.5. The van der Waals surface area contributed by atoms with E-state index in [2.05, 4.69) is 49.4 Å². The molecule has 0 spiro atoms. The third-order valence-corrected chi connectivity index (χ3v) is 8.38. The van der Waals surface area contributed by atoms with Crippen LogP contribution in [-0.4, -0.2) is 70.4 Å². The van der Waals surface area contributed by atoms with Gasteiger partial charge in [-0.1, -0.05) is 48.0 Å². The van der Waals surface area contributed by atoms with Crippen molar-refractivity contribution in [2.75, 3.05) is 31.6 Å². The van der Waals surface area contributed by atoms with Crippen molar-refractivity contribution in [3.05, 3.63) is 18.0 Å². The van der Waals surface area contributed by atoms with E-state index in [1.165, 1.54) is 24.8 Å². The van der Waals surface area contributed by atoms with Crippen LogP contribution in [0.15, 0.2) is 12.4 Å². The van der Waals surface area contributed by atoms with Gasteiger partial charge < -0.3 is 9.80 Å². The molecule has 2 fully saturated rings. The molecule has 1 saturated heterocycles. The molecule has 2 aliphatic rings. The lowest BCUT2D eigenvalue weighted by molar-refractivity contribution is -0.130. The lowest BCUT2D eigenvalue weighted by Crippen LogP contribution is -2.61. The lowest BCUT2D eigenvalue weighted by Gasteiger charge is -2.49. The van der Waals surface area contributed by atoms with Crippen LogP contribution in [0, 0.1) is 17.8 Å². The molecule has 1 aromatic rings. The minimum absolute atomic E-state index is 0.168. The third-order valence-electron chi connectivity index (χ3n) is 8.38. The minimum atomic E-state index is 0.168. The summed E-state index contributed by atoms with van der Waals surface area (Å²) in [5, 5.41) is 0. The van der Waals surface area contributed by atoms with Crippen molar-refractivity contribution >= 4 is 11.7 Å². The van der Waals surface area contributed by atoms with E-state index in [4.69, 9.17) is 9.97 Å². The largest absolute Gasteiger partial charge is 0.332 e. The number of Topliss-reactive ketones (excluding diaryl/α,β-unsaturated/α-hetero) is 1. The molecule has 3 atom stereocenters. The molecule has 0 bridgehead atoms. The number of hydrogen-bond acceptors (Lipinski definition) is 6. The molecule has 1 aliphatic carbocycles. The van der Waals surface area contributed by atoms with Crippen molar-refractivity contribution in [3.63, 3.8) is 0 Å². The molecule has 1 saturated carbocycles. The van der Waals surface area contributed by atoms with E-state index in [0.29, 0.717) is 35.7 Å². The van der Waals surface area contributed by atoms with Gasteiger partial charge in [0.15, 0.2) is 0 Å². The maximum Gasteiger partial charge on any atom is 0.225 e. The van der Waals surface area contributed by atoms with Crippen molar-refractivity contribution in [1.82, 2.24) is 19.8 Å². The van der Waals surface area contributed by atoms with E-state index in [1.54, 1.807) is 0 Å². The van der Waals surface area contributed by atoms with Gasteiger partial charge in [0.05, 0.1) is 0 Å². The molecule has 0 N–H and O–H groups in total. The third kappa shape index (κ3) is 7.03. The van der Waals surface area contributed by atoms with Crippen molar-refractivity contribution in [2.45, 2.75) is 111 Å². The fourth-order valence-corrected chi connectivity index (χ4v) is 6.31. The quantitative estimate of drug-likeness (QED) is 0.372. The van der Waals surface area contributed by atoms with Gasteiger partial charge in [-0.2, -0.15) is 0 Å². The molecule has 1 aliphatic heterocycles. The SMILES string of the molecule is CCCC(CC)N1CC(CC)N(c2ncc(CN(C)C[C@H]3C[C@@H](C(=O)C(C)C)C3)cn2)C(CC)C1. The van der Waals surface area contributed by atoms with Crippen LogP contribution in [0.1, 0.15) is 92.1 Å². The van der Waals surface area contributed by atoms with Crippen LogP contribution >= 0.6 is 0 Å². The van der Waals surface area contributed by atoms with Gasteiger partial charge in [-0.3, -0.25) is 9.69 Å². The van der Waals surface area contributed by atoms with Crippen molar-refractivity contribution < 1.29 is 4.79 Å². The number of carbonyl (C=O) groups excluding carboxylic acids is 1. The number of piperazine rings is 1. The van der Waals surface area contributed by atoms with Gasteiger partial charge in [0.1, 0.15) is 5.78 Å². The summed E-state index contributed by atoms with van der Waals surface area (Å²) >= 11 is 0. The molecule has 1 aromatic heterocycles. The molecule has 0 aromatic carbocycles. The minimum Gasteiger partial charge on any atom is -0.332 e. The number of rotatable bonds is 13. The van der Waals surface area contributed by atoms with Crippen molar-refractivity contribution in [3.8, 4) is 0 Å². The monoisotopic (exact) mass is 485 g/mol. The highest BCUT2D eigenvalue weighted by Gasteiger charge is 2.37. The molecule has 6 heteroatoms. The topological polar surface area (TPSA) is 52.6 Å². The Morgan fingerprint density at radius 3 is 2.14 bits per heavy atom. The van der Waals surface area contributed by atoms with Crippen LogP contribution in [0.2, 0.25) is 0 Å². The zero-order valence-corrected chi connectivity index (χ0v) is 23.5. The van der Waals surface area contributed by atoms with Crippen LogP contribution < -0.4 is 4.90 Å². The van der Waals surface area contributed by atoms with E-state index in [9.17, 15) is 4.79 Å². The van der Waals surface area contributed by atoms with Crippen LogP contribution in [-0.2, 0) is 11.3 Å². The second kappa shape index (κ2) is 13.1. The maximum atomic E-state index is 12.2. The van der Waals surface area contributed by atoms with Crippen molar-refractivity contribution in [1.29, 1.82) is 0 Å². The molecule has 35 heavy (non-hydrogen) atoms. The Labute approximate surface area is 214 Å². The first-order valence-corrected chi connectivity index (χ1v) is 14.4. The van der Waals surface area contributed by atoms with Gasteiger partial charge in [0.25, 0.3) is 0 Å². The zero-order chi connectivity index (χ0) is 25.5. The standard InChI is InChI=1S/C29H51N5O/c1-8-12-25(9-2)33-19-26(10-3)34(27(11-4)20-33)29-30-15-23(16-31-29)18-32(7)17-22-13-24(14-22)28(35)21(5)6/h15-16,21-22,24-27H,8-14,17-20H2,1-7H3/t22-,24+,25?,26?,27?. The second-order valence-electron chi connectivity index (χ2n) is 11.5. The molecule has 0 amide bonds. The Kier molecular flexibility index (Phi) is 10.5. The fourth-order valence-electron chi connectivity index (χ4n) is 6.31. The number of carbonyl (C=O) groups is 1. The summed E-state index contributed by atoms with van der Waals surface area (Å²) in [5.74, 6) is 2.44. The number of nitrogens with zero attached hydrogens (tertiary/aromatic N) is 5. The van der Waals surface area contributed by atoms with Gasteiger partial charge >= 0.3 is 0 Å². The summed E-state index contributed by atoms with van der Waals surface area (Å²) in [6.07, 6.45) is 12.2. The number of ketones is 1. The molecule has 0 radical (unpaired) electrons. The van der Waals surface area contributed by atoms with Gasteiger partial charge in [0.2, 0.25) is 5.95 Å². The predicted octanol–water partition coefficient (Wildman–Crippen LogP) is 5.42. The van der Waals surface area contributed by atoms with Gasteiger partial charge in [-0.25, -0.2) is 9.97 Å². The molecule has 3 rings (SSSR count). The Morgan fingerprint density at radius 1 is 1.06 bits per heavy atom. The Balaban J connectivity index is 1.57. The summed E-state index contributed by atoms with van der Waals surface area (Å²) in [7, 11) is 2.17. The van der Waals surface area contributed by atoms with Gasteiger partial charge in [-0.05, 0) is 51.5 Å². The number of hydrogen-bond donors (Lipinski definition) is 0. The van der Waals surface area contributed by atoms with Crippen LogP contribution in [0.4, 0.5) is 5.95 Å². The highest BCUT2D eigenvalue weighted by Crippen LogP contribution is 2.36. The number of anilines is 1. The zero-order valence-electron chi connectivity index (χ0n) is 23.5. The van der Waals surface area contributed by atoms with Crippen LogP contribution in [0.25, 0.3) is 0 Å². The summed E-state index contributed by atoms with van der Waals surface area (Å²) < 4.78 is 0. The van der Waals surface area contributed by atoms with Gasteiger partial charge in [-0.15, -0.1) is 0 Å². The van der Waals surface area contributed by atoms with E-state index >= 15 is 0 Å². The first kappa shape index (κ1) is 28.0. The maximum absolute atomic E-state index is 12.2. The summed E-state index contributed by atoms with van der Waals surface area (Å²) in [5.41, 5.74) is 1.17. The molecule has 198 valence electrons. The molecular formula is C29H51N5O. The number of aromatic nitrogens is 2. The molecule has 6 nitrogen and oxygen atoms in total. The van der Waals surface area contributed by atoms with Gasteiger partial charge in [0, 0.05) is 74.1 Å². The van der Waals surface area contributed by atoms with Crippen molar-refractivity contribution in [2.24, 2.45) is 17.8 Å². The highest BCUT2D eigenvalue weighted by molar-refractivity contribution is 5.83. The Hall–Kier alpha value is -1.53.